The van der Waals surface area contributed by atoms with Gasteiger partial charge in [-0.05, 0) is 58.7 Å². The second-order valence-electron chi connectivity index (χ2n) is 5.98. The van der Waals surface area contributed by atoms with E-state index in [1.807, 2.05) is 0 Å². The van der Waals surface area contributed by atoms with E-state index in [4.69, 9.17) is 4.74 Å². The number of para-hydroxylation sites is 1. The highest BCUT2D eigenvalue weighted by molar-refractivity contribution is 9.10. The molecule has 0 aliphatic rings. The number of carbonyl (C=O) groups excluding carboxylic acids is 3. The van der Waals surface area contributed by atoms with Crippen molar-refractivity contribution in [3.05, 3.63) is 58.3 Å². The molecule has 0 spiro atoms. The van der Waals surface area contributed by atoms with Crippen LogP contribution >= 0.6 is 15.9 Å². The number of amides is 2. The van der Waals surface area contributed by atoms with Crippen LogP contribution in [0, 0.1) is 11.7 Å². The molecule has 8 nitrogen and oxygen atoms in total. The lowest BCUT2D eigenvalue weighted by molar-refractivity contribution is -0.143. The number of hydrogen-bond donors (Lipinski definition) is 2. The molecule has 2 rings (SSSR count). The molecule has 0 fully saturated rings. The lowest BCUT2D eigenvalue weighted by atomic mass is 10.1. The van der Waals surface area contributed by atoms with E-state index in [2.05, 4.69) is 36.5 Å². The van der Waals surface area contributed by atoms with Gasteiger partial charge in [0.25, 0.3) is 5.91 Å². The number of methoxy groups -OCH3 is 1. The highest BCUT2D eigenvalue weighted by atomic mass is 79.9. The van der Waals surface area contributed by atoms with Gasteiger partial charge in [0, 0.05) is 0 Å². The fourth-order valence-corrected chi connectivity index (χ4v) is 2.61. The van der Waals surface area contributed by atoms with Crippen molar-refractivity contribution in [1.82, 2.24) is 5.43 Å². The number of benzene rings is 2. The average molecular weight is 480 g/mol. The van der Waals surface area contributed by atoms with Gasteiger partial charge in [0.1, 0.15) is 17.5 Å². The van der Waals surface area contributed by atoms with Gasteiger partial charge in [-0.3, -0.25) is 9.59 Å². The van der Waals surface area contributed by atoms with Gasteiger partial charge in [-0.15, -0.1) is 0 Å². The van der Waals surface area contributed by atoms with E-state index >= 15 is 0 Å². The number of rotatable bonds is 8. The lowest BCUT2D eigenvalue weighted by Crippen LogP contribution is -2.34. The zero-order valence-corrected chi connectivity index (χ0v) is 17.7. The second kappa shape index (κ2) is 11.1. The Balaban J connectivity index is 1.90. The van der Waals surface area contributed by atoms with Crippen molar-refractivity contribution < 1.29 is 28.2 Å². The number of anilines is 1. The van der Waals surface area contributed by atoms with Crippen molar-refractivity contribution in [2.24, 2.45) is 11.0 Å². The number of carbonyl (C=O) groups is 3. The Kier molecular flexibility index (Phi) is 8.48. The van der Waals surface area contributed by atoms with Gasteiger partial charge in [0.15, 0.2) is 6.61 Å². The van der Waals surface area contributed by atoms with Crippen LogP contribution in [-0.4, -0.2) is 37.7 Å². The minimum atomic E-state index is -1.09. The SMILES string of the molecule is COC(=O)COc1ccc(C=NNC(=O)C(C)C(=O)Nc2ccccc2F)cc1Br. The minimum absolute atomic E-state index is 0.00925. The molecular weight excluding hydrogens is 461 g/mol. The van der Waals surface area contributed by atoms with E-state index in [1.165, 1.54) is 38.4 Å². The molecule has 2 N–H and O–H groups in total. The van der Waals surface area contributed by atoms with Crippen LogP contribution in [0.2, 0.25) is 0 Å². The molecule has 1 unspecified atom stereocenters. The monoisotopic (exact) mass is 479 g/mol. The van der Waals surface area contributed by atoms with Crippen molar-refractivity contribution >= 4 is 45.6 Å². The van der Waals surface area contributed by atoms with Crippen LogP contribution in [-0.2, 0) is 19.1 Å². The summed E-state index contributed by atoms with van der Waals surface area (Å²) in [5, 5.41) is 6.17. The number of hydrogen-bond acceptors (Lipinski definition) is 6. The normalized spacial score (nSPS) is 11.6. The predicted octanol–water partition coefficient (Wildman–Crippen LogP) is 2.86. The maximum atomic E-state index is 13.6. The average Bonchev–Trinajstić information content (AvgIpc) is 2.73. The van der Waals surface area contributed by atoms with Gasteiger partial charge < -0.3 is 14.8 Å². The molecule has 30 heavy (non-hydrogen) atoms. The summed E-state index contributed by atoms with van der Waals surface area (Å²) in [5.74, 6) is -3.09. The standard InChI is InChI=1S/C20H19BrFN3O5/c1-12(19(27)24-16-6-4-3-5-15(16)22)20(28)25-23-10-13-7-8-17(14(21)9-13)30-11-18(26)29-2/h3-10,12H,11H2,1-2H3,(H,24,27)(H,25,28). The number of ether oxygens (including phenoxy) is 2. The molecule has 2 amide bonds. The molecule has 2 aromatic rings. The van der Waals surface area contributed by atoms with E-state index in [-0.39, 0.29) is 12.3 Å². The molecule has 2 aromatic carbocycles. The van der Waals surface area contributed by atoms with Gasteiger partial charge in [0.2, 0.25) is 5.91 Å². The zero-order valence-electron chi connectivity index (χ0n) is 16.1. The van der Waals surface area contributed by atoms with Crippen LogP contribution in [0.4, 0.5) is 10.1 Å². The Morgan fingerprint density at radius 3 is 2.60 bits per heavy atom. The van der Waals surface area contributed by atoms with Gasteiger partial charge >= 0.3 is 5.97 Å². The van der Waals surface area contributed by atoms with Gasteiger partial charge in [-0.2, -0.15) is 5.10 Å². The predicted molar refractivity (Wildman–Crippen MR) is 112 cm³/mol. The molecule has 0 aliphatic heterocycles. The smallest absolute Gasteiger partial charge is 0.343 e. The largest absolute Gasteiger partial charge is 0.481 e. The lowest BCUT2D eigenvalue weighted by Gasteiger charge is -2.11. The van der Waals surface area contributed by atoms with Crippen LogP contribution in [0.25, 0.3) is 0 Å². The Morgan fingerprint density at radius 2 is 1.93 bits per heavy atom. The topological polar surface area (TPSA) is 106 Å². The van der Waals surface area contributed by atoms with Crippen LogP contribution < -0.4 is 15.5 Å². The molecule has 10 heteroatoms. The van der Waals surface area contributed by atoms with E-state index in [0.29, 0.717) is 15.8 Å². The molecule has 0 aliphatic carbocycles. The van der Waals surface area contributed by atoms with Crippen LogP contribution in [0.3, 0.4) is 0 Å². The summed E-state index contributed by atoms with van der Waals surface area (Å²) < 4.78 is 24.0. The van der Waals surface area contributed by atoms with E-state index in [9.17, 15) is 18.8 Å². The summed E-state index contributed by atoms with van der Waals surface area (Å²) in [7, 11) is 1.26. The zero-order chi connectivity index (χ0) is 22.1. The van der Waals surface area contributed by atoms with E-state index in [1.54, 1.807) is 24.3 Å². The quantitative estimate of drug-likeness (QED) is 0.262. The fraction of sp³-hybridized carbons (Fsp3) is 0.200. The Labute approximate surface area is 180 Å². The van der Waals surface area contributed by atoms with Crippen molar-refractivity contribution in [3.63, 3.8) is 0 Å². The molecular formula is C20H19BrFN3O5. The third-order valence-electron chi connectivity index (χ3n) is 3.84. The maximum Gasteiger partial charge on any atom is 0.343 e. The first-order chi connectivity index (χ1) is 14.3. The van der Waals surface area contributed by atoms with Gasteiger partial charge in [0.05, 0.1) is 23.5 Å². The molecule has 1 atom stereocenters. The number of halogens is 2. The van der Waals surface area contributed by atoms with Crippen molar-refractivity contribution in [1.29, 1.82) is 0 Å². The molecule has 0 aromatic heterocycles. The summed E-state index contributed by atoms with van der Waals surface area (Å²) in [6.07, 6.45) is 1.37. The minimum Gasteiger partial charge on any atom is -0.481 e. The molecule has 158 valence electrons. The fourth-order valence-electron chi connectivity index (χ4n) is 2.10. The third kappa shape index (κ3) is 6.66. The first kappa shape index (κ1) is 23.0. The number of esters is 1. The van der Waals surface area contributed by atoms with Gasteiger partial charge in [-0.25, -0.2) is 14.6 Å². The first-order valence-corrected chi connectivity index (χ1v) is 9.48. The molecule has 0 saturated carbocycles. The van der Waals surface area contributed by atoms with E-state index in [0.717, 1.165) is 0 Å². The molecule has 0 bridgehead atoms. The Hall–Kier alpha value is -3.27. The van der Waals surface area contributed by atoms with Crippen molar-refractivity contribution in [3.8, 4) is 5.75 Å². The first-order valence-electron chi connectivity index (χ1n) is 8.69. The molecule has 0 radical (unpaired) electrons. The summed E-state index contributed by atoms with van der Waals surface area (Å²) in [6, 6.07) is 10.6. The van der Waals surface area contributed by atoms with Crippen molar-refractivity contribution in [2.75, 3.05) is 19.0 Å². The highest BCUT2D eigenvalue weighted by Crippen LogP contribution is 2.25. The summed E-state index contributed by atoms with van der Waals surface area (Å²) in [4.78, 5) is 35.3. The van der Waals surface area contributed by atoms with E-state index < -0.39 is 29.5 Å². The highest BCUT2D eigenvalue weighted by Gasteiger charge is 2.22. The maximum absolute atomic E-state index is 13.6. The third-order valence-corrected chi connectivity index (χ3v) is 4.46. The second-order valence-corrected chi connectivity index (χ2v) is 6.83. The van der Waals surface area contributed by atoms with Crippen LogP contribution in [0.15, 0.2) is 52.0 Å². The Bertz CT molecular complexity index is 967. The Morgan fingerprint density at radius 1 is 1.20 bits per heavy atom. The van der Waals surface area contributed by atoms with Crippen LogP contribution in [0.5, 0.6) is 5.75 Å². The summed E-state index contributed by atoms with van der Waals surface area (Å²) in [6.45, 7) is 1.15. The molecule has 0 saturated heterocycles. The van der Waals surface area contributed by atoms with Gasteiger partial charge in [-0.1, -0.05) is 12.1 Å². The summed E-state index contributed by atoms with van der Waals surface area (Å²) in [5.41, 5.74) is 2.87. The van der Waals surface area contributed by atoms with Crippen LogP contribution in [0.1, 0.15) is 12.5 Å². The number of hydrazone groups is 1. The number of nitrogens with one attached hydrogen (secondary N) is 2. The van der Waals surface area contributed by atoms with Crippen molar-refractivity contribution in [2.45, 2.75) is 6.92 Å². The number of nitrogens with zero attached hydrogens (tertiary/aromatic N) is 1. The molecule has 0 heterocycles. The summed E-state index contributed by atoms with van der Waals surface area (Å²) >= 11 is 3.31.